The first-order valence-electron chi connectivity index (χ1n) is 6.84. The van der Waals surface area contributed by atoms with E-state index >= 15 is 0 Å². The summed E-state index contributed by atoms with van der Waals surface area (Å²) in [6.45, 7) is 2.78. The molecule has 2 rings (SSSR count). The minimum absolute atomic E-state index is 0.0153. The van der Waals surface area contributed by atoms with Gasteiger partial charge in [-0.15, -0.1) is 0 Å². The first kappa shape index (κ1) is 14.1. The Kier molecular flexibility index (Phi) is 5.18. The fraction of sp³-hybridized carbons (Fsp3) is 0.235. The van der Waals surface area contributed by atoms with Gasteiger partial charge in [0.2, 0.25) is 5.91 Å². The highest BCUT2D eigenvalue weighted by Gasteiger charge is 2.03. The lowest BCUT2D eigenvalue weighted by molar-refractivity contribution is -0.115. The maximum absolute atomic E-state index is 11.9. The second-order valence-electron chi connectivity index (χ2n) is 4.58. The van der Waals surface area contributed by atoms with Crippen molar-refractivity contribution in [3.8, 4) is 5.75 Å². The molecule has 0 saturated heterocycles. The number of ether oxygens (including phenoxy) is 1. The third kappa shape index (κ3) is 4.43. The minimum atomic E-state index is -0.0153. The van der Waals surface area contributed by atoms with Gasteiger partial charge in [0.05, 0.1) is 13.0 Å². The summed E-state index contributed by atoms with van der Waals surface area (Å²) in [5, 5.41) is 2.88. The number of hydrogen-bond acceptors (Lipinski definition) is 2. The third-order valence-electron chi connectivity index (χ3n) is 2.82. The molecule has 1 N–H and O–H groups in total. The van der Waals surface area contributed by atoms with Crippen molar-refractivity contribution in [3.63, 3.8) is 0 Å². The molecule has 1 amide bonds. The van der Waals surface area contributed by atoms with Crippen LogP contribution in [0.5, 0.6) is 5.75 Å². The lowest BCUT2D eigenvalue weighted by Gasteiger charge is -2.07. The van der Waals surface area contributed by atoms with Crippen LogP contribution in [-0.2, 0) is 11.2 Å². The van der Waals surface area contributed by atoms with E-state index in [4.69, 9.17) is 4.74 Å². The summed E-state index contributed by atoms with van der Waals surface area (Å²) in [5.41, 5.74) is 1.79. The molecule has 2 aromatic rings. The fourth-order valence-corrected chi connectivity index (χ4v) is 1.84. The molecule has 0 aliphatic heterocycles. The predicted octanol–water partition coefficient (Wildman–Crippen LogP) is 3.66. The summed E-state index contributed by atoms with van der Waals surface area (Å²) < 4.78 is 5.50. The number of benzene rings is 2. The summed E-state index contributed by atoms with van der Waals surface area (Å²) >= 11 is 0. The van der Waals surface area contributed by atoms with E-state index in [1.54, 1.807) is 0 Å². The van der Waals surface area contributed by atoms with Gasteiger partial charge in [-0.1, -0.05) is 37.3 Å². The molecule has 104 valence electrons. The summed E-state index contributed by atoms with van der Waals surface area (Å²) in [6, 6.07) is 17.1. The van der Waals surface area contributed by atoms with E-state index in [2.05, 4.69) is 12.2 Å². The van der Waals surface area contributed by atoms with E-state index in [1.165, 1.54) is 0 Å². The lowest BCUT2D eigenvalue weighted by Crippen LogP contribution is -2.14. The van der Waals surface area contributed by atoms with Gasteiger partial charge in [-0.3, -0.25) is 4.79 Å². The van der Waals surface area contributed by atoms with Crippen LogP contribution in [0.25, 0.3) is 0 Å². The first-order valence-corrected chi connectivity index (χ1v) is 6.84. The number of amides is 1. The summed E-state index contributed by atoms with van der Waals surface area (Å²) in [5.74, 6) is 0.811. The Labute approximate surface area is 119 Å². The molecule has 0 spiro atoms. The van der Waals surface area contributed by atoms with Crippen molar-refractivity contribution < 1.29 is 9.53 Å². The van der Waals surface area contributed by atoms with E-state index in [0.717, 1.165) is 23.4 Å². The van der Waals surface area contributed by atoms with Crippen LogP contribution in [0.3, 0.4) is 0 Å². The van der Waals surface area contributed by atoms with Crippen LogP contribution in [0.15, 0.2) is 54.6 Å². The van der Waals surface area contributed by atoms with Gasteiger partial charge < -0.3 is 10.1 Å². The smallest absolute Gasteiger partial charge is 0.228 e. The van der Waals surface area contributed by atoms with Gasteiger partial charge >= 0.3 is 0 Å². The monoisotopic (exact) mass is 269 g/mol. The van der Waals surface area contributed by atoms with Crippen molar-refractivity contribution in [1.82, 2.24) is 0 Å². The highest BCUT2D eigenvalue weighted by atomic mass is 16.5. The van der Waals surface area contributed by atoms with Crippen LogP contribution < -0.4 is 10.1 Å². The van der Waals surface area contributed by atoms with E-state index in [-0.39, 0.29) is 5.91 Å². The Balaban J connectivity index is 1.88. The zero-order chi connectivity index (χ0) is 14.2. The standard InChI is InChI=1S/C17H19NO2/c1-2-12-20-16-10-8-15(9-11-16)18-17(19)13-14-6-4-3-5-7-14/h3-11H,2,12-13H2,1H3,(H,18,19). The third-order valence-corrected chi connectivity index (χ3v) is 2.82. The molecule has 0 bridgehead atoms. The Morgan fingerprint density at radius 2 is 1.75 bits per heavy atom. The largest absolute Gasteiger partial charge is 0.494 e. The zero-order valence-corrected chi connectivity index (χ0v) is 11.6. The number of rotatable bonds is 6. The van der Waals surface area contributed by atoms with Crippen molar-refractivity contribution in [2.45, 2.75) is 19.8 Å². The van der Waals surface area contributed by atoms with E-state index in [0.29, 0.717) is 13.0 Å². The molecule has 0 unspecified atom stereocenters. The van der Waals surface area contributed by atoms with E-state index in [9.17, 15) is 4.79 Å². The summed E-state index contributed by atoms with van der Waals surface area (Å²) in [6.07, 6.45) is 1.37. The highest BCUT2D eigenvalue weighted by Crippen LogP contribution is 2.16. The fourth-order valence-electron chi connectivity index (χ4n) is 1.84. The van der Waals surface area contributed by atoms with Crippen molar-refractivity contribution in [2.24, 2.45) is 0 Å². The molecular weight excluding hydrogens is 250 g/mol. The Morgan fingerprint density at radius 1 is 1.05 bits per heavy atom. The lowest BCUT2D eigenvalue weighted by atomic mass is 10.1. The van der Waals surface area contributed by atoms with Crippen LogP contribution in [0.4, 0.5) is 5.69 Å². The topological polar surface area (TPSA) is 38.3 Å². The van der Waals surface area contributed by atoms with Crippen molar-refractivity contribution in [2.75, 3.05) is 11.9 Å². The average Bonchev–Trinajstić information content (AvgIpc) is 2.47. The first-order chi connectivity index (χ1) is 9.78. The van der Waals surface area contributed by atoms with Gasteiger partial charge in [0.15, 0.2) is 0 Å². The predicted molar refractivity (Wildman–Crippen MR) is 81.0 cm³/mol. The van der Waals surface area contributed by atoms with Gasteiger partial charge in [0.25, 0.3) is 0 Å². The SMILES string of the molecule is CCCOc1ccc(NC(=O)Cc2ccccc2)cc1. The van der Waals surface area contributed by atoms with E-state index < -0.39 is 0 Å². The molecule has 20 heavy (non-hydrogen) atoms. The minimum Gasteiger partial charge on any atom is -0.494 e. The molecule has 0 radical (unpaired) electrons. The van der Waals surface area contributed by atoms with Gasteiger partial charge in [0, 0.05) is 5.69 Å². The molecule has 0 atom stereocenters. The Bertz CT molecular complexity index is 535. The molecule has 0 heterocycles. The number of anilines is 1. The van der Waals surface area contributed by atoms with Crippen molar-refractivity contribution in [1.29, 1.82) is 0 Å². The molecule has 3 nitrogen and oxygen atoms in total. The molecule has 0 saturated carbocycles. The van der Waals surface area contributed by atoms with Crippen molar-refractivity contribution >= 4 is 11.6 Å². The van der Waals surface area contributed by atoms with Crippen LogP contribution in [-0.4, -0.2) is 12.5 Å². The Hall–Kier alpha value is -2.29. The van der Waals surface area contributed by atoms with Gasteiger partial charge in [-0.25, -0.2) is 0 Å². The summed E-state index contributed by atoms with van der Waals surface area (Å²) in [7, 11) is 0. The maximum atomic E-state index is 11.9. The molecule has 0 aromatic heterocycles. The number of carbonyl (C=O) groups is 1. The molecule has 0 aliphatic carbocycles. The molecular formula is C17H19NO2. The van der Waals surface area contributed by atoms with Gasteiger partial charge in [-0.05, 0) is 36.2 Å². The number of hydrogen-bond donors (Lipinski definition) is 1. The quantitative estimate of drug-likeness (QED) is 0.869. The second kappa shape index (κ2) is 7.34. The Morgan fingerprint density at radius 3 is 2.40 bits per heavy atom. The average molecular weight is 269 g/mol. The molecule has 0 fully saturated rings. The van der Waals surface area contributed by atoms with Crippen LogP contribution >= 0.6 is 0 Å². The second-order valence-corrected chi connectivity index (χ2v) is 4.58. The molecule has 2 aromatic carbocycles. The normalized spacial score (nSPS) is 10.1. The van der Waals surface area contributed by atoms with Gasteiger partial charge in [-0.2, -0.15) is 0 Å². The molecule has 3 heteroatoms. The van der Waals surface area contributed by atoms with Crippen LogP contribution in [0.1, 0.15) is 18.9 Å². The number of nitrogens with one attached hydrogen (secondary N) is 1. The van der Waals surface area contributed by atoms with Gasteiger partial charge in [0.1, 0.15) is 5.75 Å². The van der Waals surface area contributed by atoms with Crippen LogP contribution in [0, 0.1) is 0 Å². The summed E-state index contributed by atoms with van der Waals surface area (Å²) in [4.78, 5) is 11.9. The zero-order valence-electron chi connectivity index (χ0n) is 11.6. The highest BCUT2D eigenvalue weighted by molar-refractivity contribution is 5.92. The number of carbonyl (C=O) groups excluding carboxylic acids is 1. The maximum Gasteiger partial charge on any atom is 0.228 e. The van der Waals surface area contributed by atoms with E-state index in [1.807, 2.05) is 54.6 Å². The van der Waals surface area contributed by atoms with Crippen molar-refractivity contribution in [3.05, 3.63) is 60.2 Å². The molecule has 0 aliphatic rings. The van der Waals surface area contributed by atoms with Crippen LogP contribution in [0.2, 0.25) is 0 Å².